The summed E-state index contributed by atoms with van der Waals surface area (Å²) in [4.78, 5) is 25.0. The van der Waals surface area contributed by atoms with E-state index in [1.807, 2.05) is 13.8 Å². The van der Waals surface area contributed by atoms with Gasteiger partial charge in [0.15, 0.2) is 0 Å². The number of benzene rings is 2. The number of nitrogens with one attached hydrogen (secondary N) is 2. The van der Waals surface area contributed by atoms with Crippen molar-refractivity contribution in [3.63, 3.8) is 0 Å². The molecular weight excluding hydrogens is 525 g/mol. The van der Waals surface area contributed by atoms with Crippen LogP contribution in [0.3, 0.4) is 0 Å². The Morgan fingerprint density at radius 3 is 2.31 bits per heavy atom. The molecule has 0 saturated heterocycles. The van der Waals surface area contributed by atoms with Crippen LogP contribution in [0.1, 0.15) is 36.2 Å². The second-order valence-corrected chi connectivity index (χ2v) is 8.88. The monoisotopic (exact) mass is 543 g/mol. The van der Waals surface area contributed by atoms with Crippen LogP contribution in [-0.4, -0.2) is 29.2 Å². The van der Waals surface area contributed by atoms with E-state index in [1.54, 1.807) is 36.4 Å². The molecule has 0 aliphatic rings. The number of halogens is 3. The fraction of sp³-hybridized carbons (Fsp3) is 0.250. The molecule has 6 nitrogen and oxygen atoms in total. The molecule has 2 aromatic rings. The molecule has 29 heavy (non-hydrogen) atoms. The van der Waals surface area contributed by atoms with Crippen LogP contribution in [0, 0.1) is 5.92 Å². The van der Waals surface area contributed by atoms with Gasteiger partial charge in [-0.1, -0.05) is 25.4 Å². The molecule has 0 aromatic heterocycles. The summed E-state index contributed by atoms with van der Waals surface area (Å²) >= 11 is 12.3. The molecular formula is C20H20Br2ClN3O3. The standard InChI is InChI=1S/C20H20Br2ClN3O3/c1-11(2)7-17(25-19(28)13-3-5-14(23)6-4-13)20(29)26-24-10-12-8-15(21)18(27)16(22)9-12/h3-6,8-11,17,27H,7H2,1-2H3,(H,25,28)(H,26,29)/b24-10+. The summed E-state index contributed by atoms with van der Waals surface area (Å²) in [6.07, 6.45) is 1.90. The number of rotatable bonds is 7. The van der Waals surface area contributed by atoms with Gasteiger partial charge in [0.25, 0.3) is 11.8 Å². The van der Waals surface area contributed by atoms with E-state index in [4.69, 9.17) is 11.6 Å². The van der Waals surface area contributed by atoms with Gasteiger partial charge in [-0.3, -0.25) is 9.59 Å². The molecule has 2 aromatic carbocycles. The lowest BCUT2D eigenvalue weighted by Crippen LogP contribution is -2.46. The molecule has 0 radical (unpaired) electrons. The largest absolute Gasteiger partial charge is 0.506 e. The van der Waals surface area contributed by atoms with E-state index in [-0.39, 0.29) is 17.6 Å². The number of aromatic hydroxyl groups is 1. The van der Waals surface area contributed by atoms with Crippen molar-refractivity contribution >= 4 is 61.5 Å². The Bertz CT molecular complexity index is 895. The number of carbonyl (C=O) groups excluding carboxylic acids is 2. The van der Waals surface area contributed by atoms with E-state index in [2.05, 4.69) is 47.7 Å². The fourth-order valence-electron chi connectivity index (χ4n) is 2.45. The first-order valence-electron chi connectivity index (χ1n) is 8.74. The zero-order valence-corrected chi connectivity index (χ0v) is 19.7. The quantitative estimate of drug-likeness (QED) is 0.343. The van der Waals surface area contributed by atoms with Gasteiger partial charge in [-0.2, -0.15) is 5.10 Å². The third kappa shape index (κ3) is 7.13. The Balaban J connectivity index is 2.06. The molecule has 1 atom stereocenters. The predicted octanol–water partition coefficient (Wildman–Crippen LogP) is 4.87. The number of phenols is 1. The molecule has 2 rings (SSSR count). The van der Waals surface area contributed by atoms with Crippen molar-refractivity contribution in [1.82, 2.24) is 10.7 Å². The van der Waals surface area contributed by atoms with Crippen molar-refractivity contribution in [3.05, 3.63) is 61.5 Å². The molecule has 1 unspecified atom stereocenters. The average molecular weight is 546 g/mol. The number of hydrogen-bond donors (Lipinski definition) is 3. The molecule has 0 bridgehead atoms. The maximum Gasteiger partial charge on any atom is 0.262 e. The van der Waals surface area contributed by atoms with E-state index < -0.39 is 11.9 Å². The van der Waals surface area contributed by atoms with Gasteiger partial charge >= 0.3 is 0 Å². The lowest BCUT2D eigenvalue weighted by Gasteiger charge is -2.19. The van der Waals surface area contributed by atoms with Gasteiger partial charge in [0.05, 0.1) is 15.2 Å². The highest BCUT2D eigenvalue weighted by Gasteiger charge is 2.22. The van der Waals surface area contributed by atoms with Crippen LogP contribution in [-0.2, 0) is 4.79 Å². The minimum absolute atomic E-state index is 0.0769. The summed E-state index contributed by atoms with van der Waals surface area (Å²) in [5.74, 6) is -0.524. The number of carbonyl (C=O) groups is 2. The van der Waals surface area contributed by atoms with Crippen LogP contribution >= 0.6 is 43.5 Å². The SMILES string of the molecule is CC(C)CC(NC(=O)c1ccc(Cl)cc1)C(=O)N/N=C/c1cc(Br)c(O)c(Br)c1. The number of hydrogen-bond acceptors (Lipinski definition) is 4. The van der Waals surface area contributed by atoms with E-state index in [0.29, 0.717) is 31.5 Å². The highest BCUT2D eigenvalue weighted by molar-refractivity contribution is 9.11. The Hall–Kier alpha value is -1.90. The Morgan fingerprint density at radius 2 is 1.76 bits per heavy atom. The molecule has 9 heteroatoms. The summed E-state index contributed by atoms with van der Waals surface area (Å²) in [6.45, 7) is 3.92. The zero-order valence-electron chi connectivity index (χ0n) is 15.7. The summed E-state index contributed by atoms with van der Waals surface area (Å²) in [6, 6.07) is 9.00. The van der Waals surface area contributed by atoms with Crippen LogP contribution in [0.15, 0.2) is 50.4 Å². The molecule has 0 saturated carbocycles. The summed E-state index contributed by atoms with van der Waals surface area (Å²) < 4.78 is 0.986. The fourth-order valence-corrected chi connectivity index (χ4v) is 3.80. The Labute approximate surface area is 191 Å². The number of amides is 2. The smallest absolute Gasteiger partial charge is 0.262 e. The molecule has 0 spiro atoms. The normalized spacial score (nSPS) is 12.2. The second kappa shape index (κ2) is 10.8. The van der Waals surface area contributed by atoms with Crippen LogP contribution in [0.5, 0.6) is 5.75 Å². The van der Waals surface area contributed by atoms with Crippen molar-refractivity contribution in [2.24, 2.45) is 11.0 Å². The van der Waals surface area contributed by atoms with Gasteiger partial charge in [-0.25, -0.2) is 5.43 Å². The first-order valence-corrected chi connectivity index (χ1v) is 10.7. The molecule has 154 valence electrons. The van der Waals surface area contributed by atoms with Crippen molar-refractivity contribution in [2.45, 2.75) is 26.3 Å². The Kier molecular flexibility index (Phi) is 8.67. The zero-order chi connectivity index (χ0) is 21.6. The van der Waals surface area contributed by atoms with Gasteiger partial charge in [-0.15, -0.1) is 0 Å². The van der Waals surface area contributed by atoms with E-state index in [9.17, 15) is 14.7 Å². The molecule has 0 heterocycles. The van der Waals surface area contributed by atoms with Crippen molar-refractivity contribution < 1.29 is 14.7 Å². The van der Waals surface area contributed by atoms with Crippen LogP contribution in [0.25, 0.3) is 0 Å². The maximum absolute atomic E-state index is 12.6. The minimum atomic E-state index is -0.742. The van der Waals surface area contributed by atoms with Crippen molar-refractivity contribution in [3.8, 4) is 5.75 Å². The lowest BCUT2D eigenvalue weighted by molar-refractivity contribution is -0.123. The van der Waals surface area contributed by atoms with Gasteiger partial charge < -0.3 is 10.4 Å². The first kappa shape index (κ1) is 23.4. The van der Waals surface area contributed by atoms with Crippen LogP contribution in [0.2, 0.25) is 5.02 Å². The summed E-state index contributed by atoms with van der Waals surface area (Å²) in [5.41, 5.74) is 3.53. The summed E-state index contributed by atoms with van der Waals surface area (Å²) in [5, 5.41) is 17.0. The maximum atomic E-state index is 12.6. The first-order chi connectivity index (χ1) is 13.7. The molecule has 0 aliphatic carbocycles. The van der Waals surface area contributed by atoms with Crippen LogP contribution in [0.4, 0.5) is 0 Å². The highest BCUT2D eigenvalue weighted by atomic mass is 79.9. The van der Waals surface area contributed by atoms with Crippen molar-refractivity contribution in [2.75, 3.05) is 0 Å². The minimum Gasteiger partial charge on any atom is -0.506 e. The predicted molar refractivity (Wildman–Crippen MR) is 121 cm³/mol. The molecule has 2 amide bonds. The van der Waals surface area contributed by atoms with E-state index >= 15 is 0 Å². The van der Waals surface area contributed by atoms with Gasteiger partial charge in [-0.05, 0) is 86.2 Å². The van der Waals surface area contributed by atoms with Crippen molar-refractivity contribution in [1.29, 1.82) is 0 Å². The van der Waals surface area contributed by atoms with Gasteiger partial charge in [0.1, 0.15) is 11.8 Å². The molecule has 3 N–H and O–H groups in total. The second-order valence-electron chi connectivity index (χ2n) is 6.73. The highest BCUT2D eigenvalue weighted by Crippen LogP contribution is 2.32. The topological polar surface area (TPSA) is 90.8 Å². The Morgan fingerprint density at radius 1 is 1.17 bits per heavy atom. The third-order valence-corrected chi connectivity index (χ3v) is 5.32. The summed E-state index contributed by atoms with van der Waals surface area (Å²) in [7, 11) is 0. The van der Waals surface area contributed by atoms with Crippen LogP contribution < -0.4 is 10.7 Å². The number of phenolic OH excluding ortho intramolecular Hbond substituents is 1. The molecule has 0 aliphatic heterocycles. The lowest BCUT2D eigenvalue weighted by atomic mass is 10.0. The van der Waals surface area contributed by atoms with E-state index in [1.165, 1.54) is 6.21 Å². The average Bonchev–Trinajstić information content (AvgIpc) is 2.65. The number of hydrazone groups is 1. The number of nitrogens with zero attached hydrogens (tertiary/aromatic N) is 1. The van der Waals surface area contributed by atoms with Gasteiger partial charge in [0, 0.05) is 10.6 Å². The van der Waals surface area contributed by atoms with E-state index in [0.717, 1.165) is 0 Å². The third-order valence-electron chi connectivity index (χ3n) is 3.86. The van der Waals surface area contributed by atoms with Gasteiger partial charge in [0.2, 0.25) is 0 Å². The molecule has 0 fully saturated rings.